The van der Waals surface area contributed by atoms with Gasteiger partial charge in [-0.3, -0.25) is 9.69 Å². The van der Waals surface area contributed by atoms with Crippen LogP contribution in [0.4, 0.5) is 0 Å². The molecule has 21 heavy (non-hydrogen) atoms. The fourth-order valence-electron chi connectivity index (χ4n) is 3.39. The lowest BCUT2D eigenvalue weighted by Crippen LogP contribution is -2.48. The molecule has 1 aromatic rings. The molecule has 4 heteroatoms. The van der Waals surface area contributed by atoms with Crippen molar-refractivity contribution in [2.75, 3.05) is 32.8 Å². The van der Waals surface area contributed by atoms with Crippen molar-refractivity contribution < 1.29 is 9.53 Å². The molecule has 0 aliphatic carbocycles. The van der Waals surface area contributed by atoms with Gasteiger partial charge in [0.1, 0.15) is 0 Å². The Bertz CT molecular complexity index is 477. The Morgan fingerprint density at radius 1 is 1.29 bits per heavy atom. The van der Waals surface area contributed by atoms with Crippen LogP contribution in [0.25, 0.3) is 0 Å². The Morgan fingerprint density at radius 2 is 2.10 bits per heavy atom. The molecule has 2 aliphatic heterocycles. The molecule has 0 aromatic heterocycles. The van der Waals surface area contributed by atoms with Crippen LogP contribution in [0.1, 0.15) is 31.4 Å². The van der Waals surface area contributed by atoms with E-state index in [0.29, 0.717) is 19.2 Å². The van der Waals surface area contributed by atoms with E-state index in [4.69, 9.17) is 4.74 Å². The van der Waals surface area contributed by atoms with E-state index in [1.807, 2.05) is 17.9 Å². The summed E-state index contributed by atoms with van der Waals surface area (Å²) in [6.45, 7) is 5.70. The molecule has 2 heterocycles. The lowest BCUT2D eigenvalue weighted by atomic mass is 10.0. The molecule has 0 saturated carbocycles. The highest BCUT2D eigenvalue weighted by Gasteiger charge is 2.30. The van der Waals surface area contributed by atoms with Crippen LogP contribution >= 0.6 is 0 Å². The van der Waals surface area contributed by atoms with Gasteiger partial charge in [-0.25, -0.2) is 0 Å². The van der Waals surface area contributed by atoms with Crippen LogP contribution < -0.4 is 0 Å². The summed E-state index contributed by atoms with van der Waals surface area (Å²) in [6.07, 6.45) is 2.48. The highest BCUT2D eigenvalue weighted by molar-refractivity contribution is 5.78. The molecule has 0 radical (unpaired) electrons. The van der Waals surface area contributed by atoms with Gasteiger partial charge in [0.25, 0.3) is 0 Å². The van der Waals surface area contributed by atoms with Crippen molar-refractivity contribution in [1.82, 2.24) is 9.80 Å². The number of hydrogen-bond acceptors (Lipinski definition) is 3. The first-order valence-corrected chi connectivity index (χ1v) is 7.92. The second-order valence-electron chi connectivity index (χ2n) is 6.06. The van der Waals surface area contributed by atoms with Gasteiger partial charge in [-0.2, -0.15) is 0 Å². The van der Waals surface area contributed by atoms with E-state index in [1.54, 1.807) is 0 Å². The lowest BCUT2D eigenvalue weighted by Gasteiger charge is -2.33. The minimum Gasteiger partial charge on any atom is -0.375 e. The standard InChI is InChI=1S/C17H24N2O2/c1-14-12-19(10-11-21-14)17(20)13-18-9-5-8-16(18)15-6-3-2-4-7-15/h2-4,6-7,14,16H,5,8-13H2,1H3. The number of ether oxygens (including phenoxy) is 1. The maximum absolute atomic E-state index is 12.5. The molecule has 1 amide bonds. The smallest absolute Gasteiger partial charge is 0.236 e. The highest BCUT2D eigenvalue weighted by Crippen LogP contribution is 2.31. The van der Waals surface area contributed by atoms with Gasteiger partial charge in [-0.15, -0.1) is 0 Å². The molecule has 2 fully saturated rings. The first-order chi connectivity index (χ1) is 10.2. The number of carbonyl (C=O) groups is 1. The number of nitrogens with zero attached hydrogens (tertiary/aromatic N) is 2. The van der Waals surface area contributed by atoms with Crippen LogP contribution in [0.3, 0.4) is 0 Å². The Kier molecular flexibility index (Phi) is 4.56. The quantitative estimate of drug-likeness (QED) is 0.853. The van der Waals surface area contributed by atoms with Gasteiger partial charge in [0, 0.05) is 19.1 Å². The first-order valence-electron chi connectivity index (χ1n) is 7.92. The van der Waals surface area contributed by atoms with Gasteiger partial charge in [0.15, 0.2) is 0 Å². The number of benzene rings is 1. The number of amides is 1. The molecule has 0 N–H and O–H groups in total. The summed E-state index contributed by atoms with van der Waals surface area (Å²) in [5.41, 5.74) is 1.33. The lowest BCUT2D eigenvalue weighted by molar-refractivity contribution is -0.139. The first kappa shape index (κ1) is 14.5. The van der Waals surface area contributed by atoms with Gasteiger partial charge in [-0.1, -0.05) is 30.3 Å². The monoisotopic (exact) mass is 288 g/mol. The minimum atomic E-state index is 0.159. The van der Waals surface area contributed by atoms with E-state index in [9.17, 15) is 4.79 Å². The molecule has 2 unspecified atom stereocenters. The summed E-state index contributed by atoms with van der Waals surface area (Å²) < 4.78 is 5.51. The van der Waals surface area contributed by atoms with Crippen LogP contribution in [-0.2, 0) is 9.53 Å². The maximum atomic E-state index is 12.5. The zero-order valence-electron chi connectivity index (χ0n) is 12.7. The zero-order valence-corrected chi connectivity index (χ0v) is 12.7. The van der Waals surface area contributed by atoms with Crippen molar-refractivity contribution in [3.8, 4) is 0 Å². The third kappa shape index (κ3) is 3.44. The number of hydrogen-bond donors (Lipinski definition) is 0. The van der Waals surface area contributed by atoms with Crippen LogP contribution in [-0.4, -0.2) is 54.6 Å². The maximum Gasteiger partial charge on any atom is 0.236 e. The molecule has 2 atom stereocenters. The van der Waals surface area contributed by atoms with E-state index in [2.05, 4.69) is 29.2 Å². The molecule has 2 aliphatic rings. The minimum absolute atomic E-state index is 0.159. The molecule has 4 nitrogen and oxygen atoms in total. The van der Waals surface area contributed by atoms with Gasteiger partial charge in [0.2, 0.25) is 5.91 Å². The van der Waals surface area contributed by atoms with Gasteiger partial charge >= 0.3 is 0 Å². The Balaban J connectivity index is 1.62. The summed E-state index contributed by atoms with van der Waals surface area (Å²) >= 11 is 0. The molecular weight excluding hydrogens is 264 g/mol. The molecule has 3 rings (SSSR count). The molecule has 0 spiro atoms. The number of carbonyl (C=O) groups excluding carboxylic acids is 1. The largest absolute Gasteiger partial charge is 0.375 e. The second kappa shape index (κ2) is 6.58. The van der Waals surface area contributed by atoms with E-state index in [-0.39, 0.29) is 12.0 Å². The summed E-state index contributed by atoms with van der Waals surface area (Å²) in [5.74, 6) is 0.244. The fourth-order valence-corrected chi connectivity index (χ4v) is 3.39. The van der Waals surface area contributed by atoms with Crippen LogP contribution in [0, 0.1) is 0 Å². The van der Waals surface area contributed by atoms with E-state index < -0.39 is 0 Å². The van der Waals surface area contributed by atoms with E-state index >= 15 is 0 Å². The van der Waals surface area contributed by atoms with Crippen molar-refractivity contribution in [3.63, 3.8) is 0 Å². The molecule has 2 saturated heterocycles. The van der Waals surface area contributed by atoms with Crippen molar-refractivity contribution in [2.45, 2.75) is 31.9 Å². The fraction of sp³-hybridized carbons (Fsp3) is 0.588. The van der Waals surface area contributed by atoms with E-state index in [0.717, 1.165) is 26.1 Å². The number of rotatable bonds is 3. The van der Waals surface area contributed by atoms with Crippen molar-refractivity contribution >= 4 is 5.91 Å². The predicted molar refractivity (Wildman–Crippen MR) is 82.0 cm³/mol. The third-order valence-electron chi connectivity index (χ3n) is 4.48. The summed E-state index contributed by atoms with van der Waals surface area (Å²) in [4.78, 5) is 16.8. The second-order valence-corrected chi connectivity index (χ2v) is 6.06. The van der Waals surface area contributed by atoms with Crippen LogP contribution in [0.5, 0.6) is 0 Å². The molecule has 0 bridgehead atoms. The molecular formula is C17H24N2O2. The summed E-state index contributed by atoms with van der Waals surface area (Å²) in [7, 11) is 0. The van der Waals surface area contributed by atoms with Crippen molar-refractivity contribution in [1.29, 1.82) is 0 Å². The van der Waals surface area contributed by atoms with Crippen molar-refractivity contribution in [3.05, 3.63) is 35.9 Å². The summed E-state index contributed by atoms with van der Waals surface area (Å²) in [6, 6.07) is 10.9. The number of morpholine rings is 1. The van der Waals surface area contributed by atoms with Gasteiger partial charge in [-0.05, 0) is 31.9 Å². The normalized spacial score (nSPS) is 27.0. The molecule has 114 valence electrons. The Labute approximate surface area is 126 Å². The number of likely N-dealkylation sites (tertiary alicyclic amines) is 1. The SMILES string of the molecule is CC1CN(C(=O)CN2CCCC2c2ccccc2)CCO1. The van der Waals surface area contributed by atoms with Gasteiger partial charge in [0.05, 0.1) is 19.3 Å². The van der Waals surface area contributed by atoms with Crippen LogP contribution in [0.15, 0.2) is 30.3 Å². The van der Waals surface area contributed by atoms with Crippen LogP contribution in [0.2, 0.25) is 0 Å². The average molecular weight is 288 g/mol. The highest BCUT2D eigenvalue weighted by atomic mass is 16.5. The van der Waals surface area contributed by atoms with Gasteiger partial charge < -0.3 is 9.64 Å². The molecule has 1 aromatic carbocycles. The average Bonchev–Trinajstić information content (AvgIpc) is 2.96. The predicted octanol–water partition coefficient (Wildman–Crippen LogP) is 2.07. The zero-order chi connectivity index (χ0) is 14.7. The third-order valence-corrected chi connectivity index (χ3v) is 4.48. The summed E-state index contributed by atoms with van der Waals surface area (Å²) in [5, 5.41) is 0. The topological polar surface area (TPSA) is 32.8 Å². The van der Waals surface area contributed by atoms with E-state index in [1.165, 1.54) is 12.0 Å². The Morgan fingerprint density at radius 3 is 2.86 bits per heavy atom. The van der Waals surface area contributed by atoms with Crippen molar-refractivity contribution in [2.24, 2.45) is 0 Å². The Hall–Kier alpha value is -1.39.